The van der Waals surface area contributed by atoms with E-state index in [2.05, 4.69) is 15.9 Å². The molecule has 2 atom stereocenters. The number of halogens is 5. The first-order valence-corrected chi connectivity index (χ1v) is 15.3. The molecule has 2 amide bonds. The normalized spacial score (nSPS) is 20.3. The van der Waals surface area contributed by atoms with Crippen LogP contribution >= 0.6 is 15.9 Å². The van der Waals surface area contributed by atoms with Crippen molar-refractivity contribution in [1.82, 2.24) is 9.80 Å². The van der Waals surface area contributed by atoms with Gasteiger partial charge in [0.25, 0.3) is 0 Å². The molecule has 12 heteroatoms. The summed E-state index contributed by atoms with van der Waals surface area (Å²) in [4.78, 5) is 30.0. The topological polar surface area (TPSA) is 68.3 Å². The molecule has 4 rings (SSSR count). The van der Waals surface area contributed by atoms with Crippen LogP contribution in [0.1, 0.15) is 57.1 Å². The van der Waals surface area contributed by atoms with Gasteiger partial charge in [0.05, 0.1) is 18.2 Å². The van der Waals surface area contributed by atoms with Crippen molar-refractivity contribution in [2.24, 2.45) is 5.41 Å². The second-order valence-corrected chi connectivity index (χ2v) is 13.4. The lowest BCUT2D eigenvalue weighted by molar-refractivity contribution is -0.212. The number of rotatable bonds is 6. The Hall–Kier alpha value is -2.86. The number of carbonyl (C=O) groups excluding carboxylic acids is 2. The molecule has 2 aromatic rings. The van der Waals surface area contributed by atoms with Crippen molar-refractivity contribution in [3.8, 4) is 5.75 Å². The minimum Gasteiger partial charge on any atom is -0.496 e. The van der Waals surface area contributed by atoms with Gasteiger partial charge in [-0.2, -0.15) is 13.2 Å². The summed E-state index contributed by atoms with van der Waals surface area (Å²) in [7, 11) is 2.68. The van der Waals surface area contributed by atoms with Gasteiger partial charge in [-0.05, 0) is 90.7 Å². The van der Waals surface area contributed by atoms with Gasteiger partial charge in [0.2, 0.25) is 5.91 Å². The van der Waals surface area contributed by atoms with E-state index in [-0.39, 0.29) is 23.5 Å². The summed E-state index contributed by atoms with van der Waals surface area (Å²) in [5.41, 5.74) is -3.62. The zero-order valence-corrected chi connectivity index (χ0v) is 27.2. The highest BCUT2D eigenvalue weighted by Crippen LogP contribution is 2.53. The summed E-state index contributed by atoms with van der Waals surface area (Å²) in [6.45, 7) is 5.34. The summed E-state index contributed by atoms with van der Waals surface area (Å²) in [6, 6.07) is 10.4. The van der Waals surface area contributed by atoms with Crippen LogP contribution in [-0.4, -0.2) is 80.6 Å². The van der Waals surface area contributed by atoms with Crippen molar-refractivity contribution >= 4 is 27.9 Å². The summed E-state index contributed by atoms with van der Waals surface area (Å²) < 4.78 is 75.0. The van der Waals surface area contributed by atoms with Gasteiger partial charge in [0.15, 0.2) is 5.41 Å². The maximum absolute atomic E-state index is 14.9. The van der Waals surface area contributed by atoms with Crippen molar-refractivity contribution in [2.75, 3.05) is 47.0 Å². The SMILES string of the molecule is COC[C@@](C(=O)N1CCC2(CCN(C(=O)OC(C)(C)C)CC2c2ccccc2OC)CC1)(c1ccc(F)c(Br)c1)C(F)(F)F. The minimum absolute atomic E-state index is 0.0703. The molecule has 1 unspecified atom stereocenters. The predicted molar refractivity (Wildman–Crippen MR) is 160 cm³/mol. The first-order valence-electron chi connectivity index (χ1n) is 14.5. The van der Waals surface area contributed by atoms with E-state index in [1.165, 1.54) is 4.90 Å². The van der Waals surface area contributed by atoms with Gasteiger partial charge in [-0.3, -0.25) is 4.79 Å². The molecule has 2 saturated heterocycles. The van der Waals surface area contributed by atoms with Crippen LogP contribution in [-0.2, 0) is 19.7 Å². The molecular weight excluding hydrogens is 648 g/mol. The number of hydrogen-bond donors (Lipinski definition) is 0. The number of likely N-dealkylation sites (tertiary alicyclic amines) is 2. The van der Waals surface area contributed by atoms with Crippen molar-refractivity contribution in [2.45, 2.75) is 63.1 Å². The Bertz CT molecular complexity index is 1360. The lowest BCUT2D eigenvalue weighted by Crippen LogP contribution is -2.61. The largest absolute Gasteiger partial charge is 0.496 e. The number of hydrogen-bond acceptors (Lipinski definition) is 5. The van der Waals surface area contributed by atoms with E-state index in [0.29, 0.717) is 38.1 Å². The lowest BCUT2D eigenvalue weighted by Gasteiger charge is -2.52. The highest BCUT2D eigenvalue weighted by molar-refractivity contribution is 9.10. The third-order valence-electron chi connectivity index (χ3n) is 8.86. The Morgan fingerprint density at radius 1 is 0.977 bits per heavy atom. The van der Waals surface area contributed by atoms with Gasteiger partial charge in [-0.25, -0.2) is 9.18 Å². The fourth-order valence-electron chi connectivity index (χ4n) is 6.55. The lowest BCUT2D eigenvalue weighted by atomic mass is 9.62. The maximum atomic E-state index is 14.9. The Balaban J connectivity index is 1.66. The van der Waals surface area contributed by atoms with Crippen molar-refractivity contribution in [3.63, 3.8) is 0 Å². The van der Waals surface area contributed by atoms with Gasteiger partial charge in [0, 0.05) is 39.2 Å². The summed E-state index contributed by atoms with van der Waals surface area (Å²) in [5, 5.41) is 0. The molecule has 2 aliphatic rings. The molecule has 0 radical (unpaired) electrons. The standard InChI is InChI=1S/C32H39BrF4N2O5/c1-29(2,3)44-28(41)39-17-14-30(23(19-39)22-8-6-7-9-26(22)43-5)12-15-38(16-13-30)27(40)31(20-42-4,32(35,36)37)21-10-11-25(34)24(33)18-21/h6-11,18,23H,12-17,19-20H2,1-5H3/t23?,31-/m0/s1. The number of benzene rings is 2. The van der Waals surface area contributed by atoms with Crippen LogP contribution < -0.4 is 4.74 Å². The minimum atomic E-state index is -5.02. The van der Waals surface area contributed by atoms with Crippen molar-refractivity contribution in [3.05, 3.63) is 63.9 Å². The fourth-order valence-corrected chi connectivity index (χ4v) is 6.93. The first-order chi connectivity index (χ1) is 20.6. The van der Waals surface area contributed by atoms with Crippen LogP contribution in [0, 0.1) is 11.2 Å². The number of amides is 2. The molecular formula is C32H39BrF4N2O5. The van der Waals surface area contributed by atoms with Gasteiger partial charge in [-0.1, -0.05) is 24.3 Å². The zero-order chi connectivity index (χ0) is 32.5. The fraction of sp³-hybridized carbons (Fsp3) is 0.562. The van der Waals surface area contributed by atoms with Gasteiger partial charge in [0.1, 0.15) is 17.2 Å². The molecule has 0 saturated carbocycles. The molecule has 1 spiro atoms. The van der Waals surface area contributed by atoms with E-state index < -0.39 is 52.6 Å². The highest BCUT2D eigenvalue weighted by atomic mass is 79.9. The van der Waals surface area contributed by atoms with Crippen LogP contribution in [0.2, 0.25) is 0 Å². The second kappa shape index (κ2) is 12.9. The first kappa shape index (κ1) is 34.0. The zero-order valence-electron chi connectivity index (χ0n) is 25.6. The summed E-state index contributed by atoms with van der Waals surface area (Å²) in [5.74, 6) is -1.44. The Labute approximate surface area is 263 Å². The molecule has 0 aliphatic carbocycles. The van der Waals surface area contributed by atoms with Gasteiger partial charge < -0.3 is 24.0 Å². The summed E-state index contributed by atoms with van der Waals surface area (Å²) in [6.07, 6.45) is -4.05. The Kier molecular flexibility index (Phi) is 9.95. The molecule has 2 fully saturated rings. The quantitative estimate of drug-likeness (QED) is 0.304. The highest BCUT2D eigenvalue weighted by Gasteiger charge is 2.63. The molecule has 44 heavy (non-hydrogen) atoms. The average molecular weight is 688 g/mol. The maximum Gasteiger partial charge on any atom is 0.410 e. The summed E-state index contributed by atoms with van der Waals surface area (Å²) >= 11 is 2.97. The van der Waals surface area contributed by atoms with E-state index in [1.807, 2.05) is 24.3 Å². The number of carbonyl (C=O) groups is 2. The number of piperidine rings is 2. The smallest absolute Gasteiger partial charge is 0.410 e. The van der Waals surface area contributed by atoms with Crippen LogP contribution in [0.3, 0.4) is 0 Å². The number of nitrogens with zero attached hydrogens (tertiary/aromatic N) is 2. The second-order valence-electron chi connectivity index (χ2n) is 12.6. The molecule has 2 aromatic carbocycles. The van der Waals surface area contributed by atoms with E-state index >= 15 is 0 Å². The molecule has 2 heterocycles. The monoisotopic (exact) mass is 686 g/mol. The molecule has 0 N–H and O–H groups in total. The van der Waals surface area contributed by atoms with Crippen LogP contribution in [0.4, 0.5) is 22.4 Å². The third-order valence-corrected chi connectivity index (χ3v) is 9.46. The van der Waals surface area contributed by atoms with Crippen LogP contribution in [0.25, 0.3) is 0 Å². The van der Waals surface area contributed by atoms with Gasteiger partial charge in [-0.15, -0.1) is 0 Å². The van der Waals surface area contributed by atoms with Crippen molar-refractivity contribution in [1.29, 1.82) is 0 Å². The molecule has 242 valence electrons. The predicted octanol–water partition coefficient (Wildman–Crippen LogP) is 7.08. The van der Waals surface area contributed by atoms with Crippen molar-refractivity contribution < 1.29 is 41.4 Å². The number of ether oxygens (including phenoxy) is 3. The Morgan fingerprint density at radius 3 is 2.14 bits per heavy atom. The van der Waals surface area contributed by atoms with Crippen LogP contribution in [0.15, 0.2) is 46.9 Å². The van der Waals surface area contributed by atoms with Crippen LogP contribution in [0.5, 0.6) is 5.75 Å². The van der Waals surface area contributed by atoms with E-state index in [9.17, 15) is 27.2 Å². The van der Waals surface area contributed by atoms with Gasteiger partial charge >= 0.3 is 12.3 Å². The number of para-hydroxylation sites is 1. The molecule has 7 nitrogen and oxygen atoms in total. The number of alkyl halides is 3. The van der Waals surface area contributed by atoms with E-state index in [4.69, 9.17) is 14.2 Å². The van der Waals surface area contributed by atoms with E-state index in [1.54, 1.807) is 32.8 Å². The third kappa shape index (κ3) is 6.56. The molecule has 0 aromatic heterocycles. The Morgan fingerprint density at radius 2 is 1.59 bits per heavy atom. The molecule has 0 bridgehead atoms. The average Bonchev–Trinajstić information content (AvgIpc) is 2.96. The molecule has 2 aliphatic heterocycles. The number of methoxy groups -OCH3 is 2. The van der Waals surface area contributed by atoms with E-state index in [0.717, 1.165) is 30.9 Å².